The van der Waals surface area contributed by atoms with Gasteiger partial charge in [0.15, 0.2) is 0 Å². The van der Waals surface area contributed by atoms with Crippen molar-refractivity contribution < 1.29 is 32.0 Å². The lowest BCUT2D eigenvalue weighted by molar-refractivity contribution is -0.181. The first-order chi connectivity index (χ1) is 19.9. The molecule has 0 saturated carbocycles. The Morgan fingerprint density at radius 2 is 1.81 bits per heavy atom. The number of benzene rings is 1. The van der Waals surface area contributed by atoms with Crippen LogP contribution in [-0.2, 0) is 16.7 Å². The molecule has 1 aliphatic heterocycles. The fourth-order valence-electron chi connectivity index (χ4n) is 4.64. The number of aromatic nitrogens is 3. The van der Waals surface area contributed by atoms with E-state index in [4.69, 9.17) is 9.26 Å². The van der Waals surface area contributed by atoms with Crippen LogP contribution in [0.2, 0.25) is 0 Å². The summed E-state index contributed by atoms with van der Waals surface area (Å²) in [6.07, 6.45) is -2.53. The van der Waals surface area contributed by atoms with Crippen molar-refractivity contribution in [3.8, 4) is 11.1 Å². The number of carbonyl (C=O) groups excluding carboxylic acids is 2. The van der Waals surface area contributed by atoms with Crippen LogP contribution in [-0.4, -0.2) is 69.5 Å². The van der Waals surface area contributed by atoms with Crippen molar-refractivity contribution in [2.45, 2.75) is 78.2 Å². The highest BCUT2D eigenvalue weighted by molar-refractivity contribution is 5.90. The van der Waals surface area contributed by atoms with Gasteiger partial charge in [-0.3, -0.25) is 14.7 Å². The van der Waals surface area contributed by atoms with Crippen LogP contribution < -0.4 is 10.2 Å². The van der Waals surface area contributed by atoms with Crippen molar-refractivity contribution >= 4 is 17.7 Å². The number of amides is 2. The second-order valence-corrected chi connectivity index (χ2v) is 12.6. The van der Waals surface area contributed by atoms with E-state index in [-0.39, 0.29) is 30.9 Å². The number of ether oxygens (including phenoxy) is 1. The number of hydrogen-bond donors (Lipinski definition) is 1. The second kappa shape index (κ2) is 11.8. The molecule has 1 atom stereocenters. The number of rotatable bonds is 5. The fourth-order valence-corrected chi connectivity index (χ4v) is 4.64. The van der Waals surface area contributed by atoms with Crippen LogP contribution in [0, 0.1) is 6.92 Å². The largest absolute Gasteiger partial charge is 0.444 e. The standard InChI is InChI=1S/C30H37F3N6O4/c1-18-14-19(8-9-20(18)15-35-25(40)24-36-26(43-37-24)28(2,3)4)21-10-11-34-16-22(21)38-12-13-39(23(17-38)30(31,32)33)27(41)42-29(5,6)7/h8-11,14,16,23H,12-13,15,17H2,1-7H3,(H,35,40). The minimum absolute atomic E-state index is 0.0513. The van der Waals surface area contributed by atoms with E-state index in [0.29, 0.717) is 17.1 Å². The molecule has 0 bridgehead atoms. The van der Waals surface area contributed by atoms with E-state index >= 15 is 0 Å². The van der Waals surface area contributed by atoms with E-state index in [1.165, 1.54) is 6.20 Å². The molecule has 1 aliphatic rings. The highest BCUT2D eigenvalue weighted by Crippen LogP contribution is 2.36. The average Bonchev–Trinajstić information content (AvgIpc) is 3.42. The molecule has 4 rings (SSSR count). The van der Waals surface area contributed by atoms with Crippen molar-refractivity contribution in [2.24, 2.45) is 0 Å². The number of piperazine rings is 1. The summed E-state index contributed by atoms with van der Waals surface area (Å²) in [6.45, 7) is 12.2. The van der Waals surface area contributed by atoms with Crippen LogP contribution in [0.25, 0.3) is 11.1 Å². The van der Waals surface area contributed by atoms with Crippen LogP contribution in [0.5, 0.6) is 0 Å². The third kappa shape index (κ3) is 7.63. The van der Waals surface area contributed by atoms with Gasteiger partial charge in [0, 0.05) is 43.4 Å². The van der Waals surface area contributed by atoms with E-state index in [9.17, 15) is 22.8 Å². The molecule has 0 radical (unpaired) electrons. The summed E-state index contributed by atoms with van der Waals surface area (Å²) >= 11 is 0. The number of alkyl halides is 3. The Morgan fingerprint density at radius 3 is 2.42 bits per heavy atom. The Balaban J connectivity index is 1.51. The number of pyridine rings is 1. The molecule has 1 unspecified atom stereocenters. The predicted octanol–water partition coefficient (Wildman–Crippen LogP) is 5.66. The molecule has 1 fully saturated rings. The highest BCUT2D eigenvalue weighted by Gasteiger charge is 2.49. The van der Waals surface area contributed by atoms with Gasteiger partial charge in [0.05, 0.1) is 11.9 Å². The summed E-state index contributed by atoms with van der Waals surface area (Å²) in [7, 11) is 0. The number of anilines is 1. The van der Waals surface area contributed by atoms with Gasteiger partial charge in [-0.1, -0.05) is 44.1 Å². The zero-order valence-corrected chi connectivity index (χ0v) is 25.4. The van der Waals surface area contributed by atoms with Gasteiger partial charge in [-0.15, -0.1) is 0 Å². The van der Waals surface area contributed by atoms with Gasteiger partial charge in [0.1, 0.15) is 11.6 Å². The third-order valence-electron chi connectivity index (χ3n) is 6.89. The van der Waals surface area contributed by atoms with E-state index in [2.05, 4.69) is 20.4 Å². The Morgan fingerprint density at radius 1 is 1.09 bits per heavy atom. The minimum Gasteiger partial charge on any atom is -0.444 e. The topological polar surface area (TPSA) is 114 Å². The Bertz CT molecular complexity index is 1480. The zero-order valence-electron chi connectivity index (χ0n) is 25.4. The van der Waals surface area contributed by atoms with E-state index in [1.807, 2.05) is 45.9 Å². The summed E-state index contributed by atoms with van der Waals surface area (Å²) in [4.78, 5) is 35.9. The lowest BCUT2D eigenvalue weighted by atomic mass is 9.97. The van der Waals surface area contributed by atoms with Gasteiger partial charge in [-0.25, -0.2) is 4.79 Å². The molecule has 13 heteroatoms. The lowest BCUT2D eigenvalue weighted by Gasteiger charge is -2.43. The summed E-state index contributed by atoms with van der Waals surface area (Å²) in [5.41, 5.74) is 2.40. The third-order valence-corrected chi connectivity index (χ3v) is 6.89. The maximum absolute atomic E-state index is 14.2. The van der Waals surface area contributed by atoms with Crippen molar-refractivity contribution in [1.82, 2.24) is 25.3 Å². The van der Waals surface area contributed by atoms with Crippen molar-refractivity contribution in [3.05, 3.63) is 59.5 Å². The molecule has 2 amide bonds. The molecule has 1 N–H and O–H groups in total. The number of aryl methyl sites for hydroxylation is 1. The maximum atomic E-state index is 14.2. The summed E-state index contributed by atoms with van der Waals surface area (Å²) in [5, 5.41) is 6.57. The van der Waals surface area contributed by atoms with Crippen molar-refractivity contribution in [3.63, 3.8) is 0 Å². The van der Waals surface area contributed by atoms with E-state index in [1.54, 1.807) is 37.9 Å². The molecular formula is C30H37F3N6O4. The minimum atomic E-state index is -4.66. The van der Waals surface area contributed by atoms with Crippen LogP contribution in [0.3, 0.4) is 0 Å². The molecule has 1 saturated heterocycles. The molecule has 10 nitrogen and oxygen atoms in total. The summed E-state index contributed by atoms with van der Waals surface area (Å²) in [6, 6.07) is 5.31. The van der Waals surface area contributed by atoms with Gasteiger partial charge >= 0.3 is 12.3 Å². The summed E-state index contributed by atoms with van der Waals surface area (Å²) < 4.78 is 52.9. The van der Waals surface area contributed by atoms with Crippen LogP contribution in [0.15, 0.2) is 41.2 Å². The average molecular weight is 603 g/mol. The molecule has 1 aromatic carbocycles. The number of nitrogens with one attached hydrogen (secondary N) is 1. The first-order valence-electron chi connectivity index (χ1n) is 13.9. The Labute approximate surface area is 248 Å². The molecule has 43 heavy (non-hydrogen) atoms. The number of carbonyl (C=O) groups is 2. The van der Waals surface area contributed by atoms with Gasteiger partial charge in [0.25, 0.3) is 11.7 Å². The van der Waals surface area contributed by atoms with Crippen LogP contribution >= 0.6 is 0 Å². The highest BCUT2D eigenvalue weighted by atomic mass is 19.4. The predicted molar refractivity (Wildman–Crippen MR) is 154 cm³/mol. The molecule has 0 aliphatic carbocycles. The smallest absolute Gasteiger partial charge is 0.410 e. The number of nitrogens with zero attached hydrogens (tertiary/aromatic N) is 5. The van der Waals surface area contributed by atoms with E-state index < -0.39 is 36.4 Å². The Kier molecular flexibility index (Phi) is 8.75. The molecular weight excluding hydrogens is 565 g/mol. The van der Waals surface area contributed by atoms with Gasteiger partial charge in [-0.2, -0.15) is 18.2 Å². The van der Waals surface area contributed by atoms with Crippen molar-refractivity contribution in [2.75, 3.05) is 24.5 Å². The van der Waals surface area contributed by atoms with E-state index in [0.717, 1.165) is 21.6 Å². The Hall–Kier alpha value is -4.16. The summed E-state index contributed by atoms with van der Waals surface area (Å²) in [5.74, 6) is -0.160. The molecule has 3 aromatic rings. The van der Waals surface area contributed by atoms with Gasteiger partial charge < -0.3 is 19.5 Å². The fraction of sp³-hybridized carbons (Fsp3) is 0.500. The lowest BCUT2D eigenvalue weighted by Crippen LogP contribution is -2.61. The molecule has 3 heterocycles. The van der Waals surface area contributed by atoms with Crippen LogP contribution in [0.1, 0.15) is 69.2 Å². The quantitative estimate of drug-likeness (QED) is 0.398. The van der Waals surface area contributed by atoms with Crippen LogP contribution in [0.4, 0.5) is 23.7 Å². The number of halogens is 3. The molecule has 0 spiro atoms. The first kappa shape index (κ1) is 31.8. The SMILES string of the molecule is Cc1cc(-c2ccncc2N2CCN(C(=O)OC(C)(C)C)C(C(F)(F)F)C2)ccc1CNC(=O)c1noc(C(C)(C)C)n1. The number of hydrogen-bond acceptors (Lipinski definition) is 8. The van der Waals surface area contributed by atoms with Gasteiger partial charge in [0.2, 0.25) is 5.89 Å². The van der Waals surface area contributed by atoms with Gasteiger partial charge in [-0.05, 0) is 50.5 Å². The second-order valence-electron chi connectivity index (χ2n) is 12.6. The molecule has 2 aromatic heterocycles. The molecule has 232 valence electrons. The van der Waals surface area contributed by atoms with Crippen molar-refractivity contribution in [1.29, 1.82) is 0 Å². The maximum Gasteiger partial charge on any atom is 0.410 e. The first-order valence-corrected chi connectivity index (χ1v) is 13.9. The monoisotopic (exact) mass is 602 g/mol. The normalized spacial score (nSPS) is 16.3. The zero-order chi connectivity index (χ0) is 31.7.